The topological polar surface area (TPSA) is 70.5 Å². The maximum absolute atomic E-state index is 5.13. The Kier molecular flexibility index (Phi) is 12.5. The van der Waals surface area contributed by atoms with Crippen molar-refractivity contribution in [1.82, 2.24) is 0 Å². The molecule has 0 fully saturated rings. The number of rotatable bonds is 1. The predicted octanol–water partition coefficient (Wildman–Crippen LogP) is 0.537. The van der Waals surface area contributed by atoms with Crippen molar-refractivity contribution in [3.63, 3.8) is 0 Å². The van der Waals surface area contributed by atoms with Crippen molar-refractivity contribution in [1.29, 1.82) is 0 Å². The summed E-state index contributed by atoms with van der Waals surface area (Å²) in [7, 11) is 1.43. The third kappa shape index (κ3) is 11.7. The number of thiocarbonyl (C=S) groups is 2. The fraction of sp³-hybridized carbons (Fsp3) is 0.111. The first-order valence-electron chi connectivity index (χ1n) is 3.92. The van der Waals surface area contributed by atoms with Crippen molar-refractivity contribution in [3.8, 4) is 5.75 Å². The van der Waals surface area contributed by atoms with Crippen molar-refractivity contribution in [3.05, 3.63) is 30.3 Å². The summed E-state index contributed by atoms with van der Waals surface area (Å²) in [6.45, 7) is 0. The number of nitrogens with two attached hydrogens (primary N) is 2. The van der Waals surface area contributed by atoms with Crippen LogP contribution in [-0.2, 0) is 4.74 Å². The van der Waals surface area contributed by atoms with Crippen LogP contribution in [-0.4, -0.2) is 47.0 Å². The molecule has 1 aromatic carbocycles. The normalized spacial score (nSPS) is 7.56. The first-order valence-corrected chi connectivity index (χ1v) is 4.73. The number of hydrogen-bond acceptors (Lipinski definition) is 4. The number of benzene rings is 1. The Bertz CT molecular complexity index is 323. The van der Waals surface area contributed by atoms with Gasteiger partial charge in [0.25, 0.3) is 10.3 Å². The molecule has 1 aromatic rings. The Hall–Kier alpha value is -0.400. The van der Waals surface area contributed by atoms with E-state index in [2.05, 4.69) is 29.2 Å². The Morgan fingerprint density at radius 2 is 1.50 bits per heavy atom. The van der Waals surface area contributed by atoms with Crippen LogP contribution in [0, 0.1) is 0 Å². The third-order valence-corrected chi connectivity index (χ3v) is 1.41. The van der Waals surface area contributed by atoms with Crippen LogP contribution >= 0.6 is 24.4 Å². The van der Waals surface area contributed by atoms with E-state index >= 15 is 0 Å². The van der Waals surface area contributed by atoms with Crippen molar-refractivity contribution in [2.24, 2.45) is 11.5 Å². The summed E-state index contributed by atoms with van der Waals surface area (Å²) in [6.07, 6.45) is 0. The van der Waals surface area contributed by atoms with Gasteiger partial charge in [0, 0.05) is 0 Å². The predicted molar refractivity (Wildman–Crippen MR) is 74.8 cm³/mol. The second-order valence-corrected chi connectivity index (χ2v) is 3.06. The van der Waals surface area contributed by atoms with Crippen LogP contribution in [0.3, 0.4) is 0 Å². The summed E-state index contributed by atoms with van der Waals surface area (Å²) >= 11 is 8.79. The van der Waals surface area contributed by atoms with Gasteiger partial charge in [-0.25, -0.2) is 0 Å². The van der Waals surface area contributed by atoms with E-state index in [-0.39, 0.29) is 39.9 Å². The fourth-order valence-corrected chi connectivity index (χ4v) is 0.701. The fourth-order valence-electron chi connectivity index (χ4n) is 0.605. The number of methoxy groups -OCH3 is 1. The zero-order valence-corrected chi connectivity index (χ0v) is 9.81. The van der Waals surface area contributed by atoms with Gasteiger partial charge in [-0.05, 0) is 36.6 Å². The molecule has 0 radical (unpaired) electrons. The average molecular weight is 268 g/mol. The maximum atomic E-state index is 5.13. The molecule has 4 nitrogen and oxygen atoms in total. The zero-order valence-electron chi connectivity index (χ0n) is 8.17. The molecule has 0 spiro atoms. The van der Waals surface area contributed by atoms with E-state index in [9.17, 15) is 0 Å². The summed E-state index contributed by atoms with van der Waals surface area (Å²) in [5.74, 6) is 0.676. The molecule has 16 heavy (non-hydrogen) atoms. The number of para-hydroxylation sites is 1. The van der Waals surface area contributed by atoms with Gasteiger partial charge in [0.2, 0.25) is 0 Å². The molecule has 0 amide bonds. The molecular formula is C9H13N2NaO2S2. The monoisotopic (exact) mass is 268 g/mol. The second kappa shape index (κ2) is 11.1. The molecule has 0 bridgehead atoms. The van der Waals surface area contributed by atoms with Crippen LogP contribution in [0.5, 0.6) is 5.75 Å². The summed E-state index contributed by atoms with van der Waals surface area (Å²) in [6, 6.07) is 9.19. The summed E-state index contributed by atoms with van der Waals surface area (Å²) in [5, 5.41) is 0.135. The Morgan fingerprint density at radius 3 is 1.81 bits per heavy atom. The minimum atomic E-state index is 0. The molecule has 0 atom stereocenters. The molecule has 0 aliphatic carbocycles. The molecule has 4 N–H and O–H groups in total. The van der Waals surface area contributed by atoms with E-state index < -0.39 is 0 Å². The third-order valence-electron chi connectivity index (χ3n) is 1.16. The van der Waals surface area contributed by atoms with Crippen LogP contribution in [0.1, 0.15) is 0 Å². The van der Waals surface area contributed by atoms with Gasteiger partial charge >= 0.3 is 29.6 Å². The quantitative estimate of drug-likeness (QED) is 0.572. The molecule has 0 unspecified atom stereocenters. The summed E-state index contributed by atoms with van der Waals surface area (Å²) < 4.78 is 9.18. The zero-order chi connectivity index (χ0) is 11.7. The van der Waals surface area contributed by atoms with Gasteiger partial charge in [0.05, 0.1) is 7.11 Å². The van der Waals surface area contributed by atoms with Crippen molar-refractivity contribution >= 4 is 64.3 Å². The average Bonchev–Trinajstić information content (AvgIpc) is 2.19. The van der Waals surface area contributed by atoms with Crippen molar-refractivity contribution in [2.75, 3.05) is 7.11 Å². The van der Waals surface area contributed by atoms with Crippen LogP contribution in [0.25, 0.3) is 0 Å². The molecule has 0 aliphatic heterocycles. The standard InChI is InChI=1S/C7H7NOS.C2H5NOS.Na.H/c8-7(10)9-6-4-2-1-3-5-6;1-4-2(3)5;;/h1-5H,(H2,8,10);1H3,(H2,3,5);;. The molecule has 0 saturated heterocycles. The first-order chi connectivity index (χ1) is 7.06. The van der Waals surface area contributed by atoms with Gasteiger partial charge in [-0.1, -0.05) is 18.2 Å². The molecule has 7 heteroatoms. The van der Waals surface area contributed by atoms with Gasteiger partial charge in [0.15, 0.2) is 0 Å². The van der Waals surface area contributed by atoms with Gasteiger partial charge in [-0.15, -0.1) is 0 Å². The summed E-state index contributed by atoms with van der Waals surface area (Å²) in [4.78, 5) is 0. The van der Waals surface area contributed by atoms with Gasteiger partial charge in [0.1, 0.15) is 5.75 Å². The molecule has 0 saturated carbocycles. The summed E-state index contributed by atoms with van der Waals surface area (Å²) in [5.41, 5.74) is 9.93. The molecule has 84 valence electrons. The Labute approximate surface area is 128 Å². The van der Waals surface area contributed by atoms with Crippen LogP contribution in [0.2, 0.25) is 0 Å². The molecular weight excluding hydrogens is 255 g/mol. The Balaban J connectivity index is 0. The second-order valence-electron chi connectivity index (χ2n) is 2.26. The molecule has 1 rings (SSSR count). The Morgan fingerprint density at radius 1 is 1.06 bits per heavy atom. The van der Waals surface area contributed by atoms with Crippen LogP contribution in [0.15, 0.2) is 30.3 Å². The SMILES string of the molecule is COC(N)=S.NC(=S)Oc1ccccc1.[NaH]. The van der Waals surface area contributed by atoms with Gasteiger partial charge in [-0.3, -0.25) is 0 Å². The van der Waals surface area contributed by atoms with Crippen LogP contribution in [0.4, 0.5) is 0 Å². The van der Waals surface area contributed by atoms with Crippen LogP contribution < -0.4 is 16.2 Å². The molecule has 0 aliphatic rings. The van der Waals surface area contributed by atoms with Gasteiger partial charge in [-0.2, -0.15) is 0 Å². The van der Waals surface area contributed by atoms with Crippen molar-refractivity contribution < 1.29 is 9.47 Å². The van der Waals surface area contributed by atoms with E-state index in [0.29, 0.717) is 5.75 Å². The van der Waals surface area contributed by atoms with E-state index in [1.807, 2.05) is 18.2 Å². The minimum absolute atomic E-state index is 0. The van der Waals surface area contributed by atoms with Gasteiger partial charge < -0.3 is 20.9 Å². The number of ether oxygens (including phenoxy) is 2. The number of hydrogen-bond donors (Lipinski definition) is 2. The first kappa shape index (κ1) is 18.0. The van der Waals surface area contributed by atoms with E-state index in [4.69, 9.17) is 16.2 Å². The van der Waals surface area contributed by atoms with E-state index in [1.165, 1.54) is 7.11 Å². The molecule has 0 aromatic heterocycles. The van der Waals surface area contributed by atoms with Crippen molar-refractivity contribution in [2.45, 2.75) is 0 Å². The van der Waals surface area contributed by atoms with E-state index in [0.717, 1.165) is 0 Å². The molecule has 0 heterocycles. The van der Waals surface area contributed by atoms with E-state index in [1.54, 1.807) is 12.1 Å².